The lowest BCUT2D eigenvalue weighted by atomic mass is 10.2. The molecule has 2 aromatic carbocycles. The number of furan rings is 2. The van der Waals surface area contributed by atoms with Gasteiger partial charge in [0, 0.05) is 19.9 Å². The number of nitrogens with zero attached hydrogens (tertiary/aromatic N) is 1. The van der Waals surface area contributed by atoms with Gasteiger partial charge in [0.15, 0.2) is 5.76 Å². The molecule has 4 rings (SSSR count). The Kier molecular flexibility index (Phi) is 6.14. The maximum Gasteiger partial charge on any atom is 0.307 e. The van der Waals surface area contributed by atoms with Crippen molar-refractivity contribution in [3.8, 4) is 11.3 Å². The van der Waals surface area contributed by atoms with Crippen LogP contribution in [0.25, 0.3) is 22.3 Å². The second kappa shape index (κ2) is 8.63. The summed E-state index contributed by atoms with van der Waals surface area (Å²) in [4.78, 5) is 12.3. The normalized spacial score (nSPS) is 11.4. The zero-order valence-electron chi connectivity index (χ0n) is 14.4. The zero-order chi connectivity index (χ0) is 20.5. The van der Waals surface area contributed by atoms with Crippen molar-refractivity contribution in [2.75, 3.05) is 0 Å². The molecule has 0 saturated carbocycles. The molecular weight excluding hydrogens is 638 g/mol. The van der Waals surface area contributed by atoms with E-state index in [-0.39, 0.29) is 5.76 Å². The number of benzene rings is 2. The van der Waals surface area contributed by atoms with Gasteiger partial charge in [-0.15, -0.1) is 0 Å². The van der Waals surface area contributed by atoms with E-state index in [0.717, 1.165) is 23.5 Å². The van der Waals surface area contributed by atoms with Crippen LogP contribution in [-0.2, 0) is 0 Å². The van der Waals surface area contributed by atoms with E-state index in [4.69, 9.17) is 20.4 Å². The van der Waals surface area contributed by atoms with Gasteiger partial charge in [0.05, 0.1) is 14.8 Å². The summed E-state index contributed by atoms with van der Waals surface area (Å²) >= 11 is 15.1. The molecule has 1 amide bonds. The van der Waals surface area contributed by atoms with Gasteiger partial charge in [-0.05, 0) is 81.0 Å². The largest absolute Gasteiger partial charge is 0.455 e. The van der Waals surface area contributed by atoms with Crippen molar-refractivity contribution in [2.24, 2.45) is 5.10 Å². The predicted octanol–water partition coefficient (Wildman–Crippen LogP) is 7.24. The lowest BCUT2D eigenvalue weighted by Gasteiger charge is -1.99. The van der Waals surface area contributed by atoms with Crippen molar-refractivity contribution in [1.82, 2.24) is 5.43 Å². The standard InChI is InChI=1S/C20H10Br2ClIN2O3/c21-12-5-11-7-18(29-19(11)16(24)8-12)20(27)26-25-9-13-2-4-17(28-13)10-1-3-14(22)15(23)6-10/h1-9H,(H,26,27)/b25-9-. The summed E-state index contributed by atoms with van der Waals surface area (Å²) in [6.07, 6.45) is 1.42. The van der Waals surface area contributed by atoms with Crippen LogP contribution in [-0.4, -0.2) is 12.1 Å². The van der Waals surface area contributed by atoms with Crippen molar-refractivity contribution in [2.45, 2.75) is 0 Å². The van der Waals surface area contributed by atoms with Crippen molar-refractivity contribution in [1.29, 1.82) is 0 Å². The number of hydrogen-bond acceptors (Lipinski definition) is 4. The maximum atomic E-state index is 12.3. The van der Waals surface area contributed by atoms with Gasteiger partial charge in [0.25, 0.3) is 0 Å². The van der Waals surface area contributed by atoms with Gasteiger partial charge in [-0.2, -0.15) is 5.10 Å². The molecule has 9 heteroatoms. The smallest absolute Gasteiger partial charge is 0.307 e. The van der Waals surface area contributed by atoms with Gasteiger partial charge in [-0.25, -0.2) is 5.43 Å². The molecule has 146 valence electrons. The highest BCUT2D eigenvalue weighted by molar-refractivity contribution is 14.1. The fourth-order valence-corrected chi connectivity index (χ4v) is 4.71. The molecule has 0 fully saturated rings. The number of fused-ring (bicyclic) bond motifs is 1. The van der Waals surface area contributed by atoms with Gasteiger partial charge in [-0.1, -0.05) is 33.6 Å². The molecule has 0 atom stereocenters. The van der Waals surface area contributed by atoms with Crippen LogP contribution in [0, 0.1) is 3.57 Å². The highest BCUT2D eigenvalue weighted by atomic mass is 127. The van der Waals surface area contributed by atoms with Gasteiger partial charge in [0.2, 0.25) is 0 Å². The minimum absolute atomic E-state index is 0.179. The minimum atomic E-state index is -0.448. The Morgan fingerprint density at radius 1 is 1.10 bits per heavy atom. The molecule has 5 nitrogen and oxygen atoms in total. The van der Waals surface area contributed by atoms with Crippen LogP contribution < -0.4 is 5.43 Å². The van der Waals surface area contributed by atoms with Crippen LogP contribution in [0.1, 0.15) is 16.3 Å². The van der Waals surface area contributed by atoms with E-state index in [1.807, 2.05) is 30.3 Å². The van der Waals surface area contributed by atoms with Crippen molar-refractivity contribution >= 4 is 89.1 Å². The van der Waals surface area contributed by atoms with E-state index < -0.39 is 5.91 Å². The third-order valence-corrected chi connectivity index (χ3v) is 6.44. The summed E-state index contributed by atoms with van der Waals surface area (Å²) in [6.45, 7) is 0. The van der Waals surface area contributed by atoms with Crippen LogP contribution in [0.5, 0.6) is 0 Å². The molecule has 4 aromatic rings. The monoisotopic (exact) mass is 646 g/mol. The quantitative estimate of drug-likeness (QED) is 0.144. The number of rotatable bonds is 4. The molecule has 0 aliphatic heterocycles. The summed E-state index contributed by atoms with van der Waals surface area (Å²) in [5.41, 5.74) is 3.94. The third-order valence-electron chi connectivity index (χ3n) is 3.95. The van der Waals surface area contributed by atoms with E-state index in [2.05, 4.69) is 65.0 Å². The van der Waals surface area contributed by atoms with Crippen LogP contribution in [0.15, 0.2) is 71.4 Å². The molecule has 0 radical (unpaired) electrons. The second-order valence-electron chi connectivity index (χ2n) is 5.95. The van der Waals surface area contributed by atoms with E-state index in [1.165, 1.54) is 6.21 Å². The highest BCUT2D eigenvalue weighted by Gasteiger charge is 2.14. The number of carbonyl (C=O) groups excluding carboxylic acids is 1. The van der Waals surface area contributed by atoms with Gasteiger partial charge in [-0.3, -0.25) is 4.79 Å². The second-order valence-corrected chi connectivity index (χ2v) is 9.29. The molecule has 0 saturated heterocycles. The van der Waals surface area contributed by atoms with Crippen molar-refractivity contribution in [3.63, 3.8) is 0 Å². The lowest BCUT2D eigenvalue weighted by molar-refractivity contribution is 0.0929. The van der Waals surface area contributed by atoms with Crippen molar-refractivity contribution in [3.05, 3.63) is 77.6 Å². The summed E-state index contributed by atoms with van der Waals surface area (Å²) in [6, 6.07) is 14.6. The summed E-state index contributed by atoms with van der Waals surface area (Å²) in [7, 11) is 0. The molecule has 0 spiro atoms. The molecule has 0 aliphatic rings. The Bertz CT molecular complexity index is 1270. The fraction of sp³-hybridized carbons (Fsp3) is 0. The van der Waals surface area contributed by atoms with Gasteiger partial charge >= 0.3 is 5.91 Å². The topological polar surface area (TPSA) is 67.7 Å². The molecular formula is C20H10Br2ClIN2O3. The number of carbonyl (C=O) groups is 1. The van der Waals surface area contributed by atoms with E-state index in [9.17, 15) is 4.79 Å². The Morgan fingerprint density at radius 3 is 2.72 bits per heavy atom. The number of halogens is 4. The van der Waals surface area contributed by atoms with Crippen LogP contribution in [0.2, 0.25) is 5.02 Å². The average molecular weight is 648 g/mol. The molecule has 2 heterocycles. The molecule has 2 aromatic heterocycles. The zero-order valence-corrected chi connectivity index (χ0v) is 20.5. The van der Waals surface area contributed by atoms with E-state index in [1.54, 1.807) is 18.2 Å². The molecule has 1 N–H and O–H groups in total. The van der Waals surface area contributed by atoms with Gasteiger partial charge < -0.3 is 8.83 Å². The number of hydrogen-bond donors (Lipinski definition) is 1. The van der Waals surface area contributed by atoms with Crippen LogP contribution >= 0.6 is 66.1 Å². The first-order valence-corrected chi connectivity index (χ1v) is 11.2. The maximum absolute atomic E-state index is 12.3. The molecule has 0 unspecified atom stereocenters. The molecule has 0 bridgehead atoms. The number of nitrogens with one attached hydrogen (secondary N) is 1. The predicted molar refractivity (Wildman–Crippen MR) is 129 cm³/mol. The number of hydrazone groups is 1. The molecule has 29 heavy (non-hydrogen) atoms. The highest BCUT2D eigenvalue weighted by Crippen LogP contribution is 2.30. The van der Waals surface area contributed by atoms with Crippen LogP contribution in [0.4, 0.5) is 0 Å². The van der Waals surface area contributed by atoms with E-state index >= 15 is 0 Å². The summed E-state index contributed by atoms with van der Waals surface area (Å²) < 4.78 is 14.0. The third kappa shape index (κ3) is 4.60. The fourth-order valence-electron chi connectivity index (χ4n) is 2.62. The van der Waals surface area contributed by atoms with Gasteiger partial charge in [0.1, 0.15) is 17.1 Å². The Morgan fingerprint density at radius 2 is 1.93 bits per heavy atom. The lowest BCUT2D eigenvalue weighted by Crippen LogP contribution is -2.16. The Labute approximate surface area is 200 Å². The number of amides is 1. The van der Waals surface area contributed by atoms with Crippen LogP contribution in [0.3, 0.4) is 0 Å². The SMILES string of the molecule is O=C(N/N=C\c1ccc(-c2ccc(Br)c(Cl)c2)o1)c1cc2cc(Br)cc(I)c2o1. The minimum Gasteiger partial charge on any atom is -0.455 e. The summed E-state index contributed by atoms with van der Waals surface area (Å²) in [5.74, 6) is 0.862. The summed E-state index contributed by atoms with van der Waals surface area (Å²) in [5, 5.41) is 5.37. The first kappa shape index (κ1) is 20.6. The van der Waals surface area contributed by atoms with Crippen molar-refractivity contribution < 1.29 is 13.6 Å². The Balaban J connectivity index is 1.46. The average Bonchev–Trinajstić information content (AvgIpc) is 3.31. The molecule has 0 aliphatic carbocycles. The van der Waals surface area contributed by atoms with E-state index in [0.29, 0.717) is 22.1 Å². The first-order chi connectivity index (χ1) is 13.9. The Hall–Kier alpha value is -1.62. The first-order valence-electron chi connectivity index (χ1n) is 8.18.